The largest absolute Gasteiger partial charge is 0.375 e. The number of nitrogens with zero attached hydrogens (tertiary/aromatic N) is 3. The number of rotatable bonds is 6. The van der Waals surface area contributed by atoms with Crippen LogP contribution in [0.5, 0.6) is 0 Å². The van der Waals surface area contributed by atoms with Crippen LogP contribution in [0.1, 0.15) is 63.4 Å². The summed E-state index contributed by atoms with van der Waals surface area (Å²) in [6.45, 7) is 5.72. The van der Waals surface area contributed by atoms with Crippen LogP contribution < -0.4 is 0 Å². The normalized spacial score (nSPS) is 29.7. The Morgan fingerprint density at radius 1 is 1.07 bits per heavy atom. The molecule has 3 heterocycles. The highest BCUT2D eigenvalue weighted by molar-refractivity contribution is 5.12. The Kier molecular flexibility index (Phi) is 5.23. The van der Waals surface area contributed by atoms with Crippen molar-refractivity contribution in [2.24, 2.45) is 5.92 Å². The van der Waals surface area contributed by atoms with Gasteiger partial charge in [-0.25, -0.2) is 0 Å². The van der Waals surface area contributed by atoms with E-state index in [9.17, 15) is 0 Å². The maximum atomic E-state index is 6.46. The van der Waals surface area contributed by atoms with Crippen molar-refractivity contribution in [1.82, 2.24) is 14.8 Å². The first-order chi connectivity index (χ1) is 13.3. The molecule has 0 aromatic carbocycles. The summed E-state index contributed by atoms with van der Waals surface area (Å²) in [4.78, 5) is 9.77. The summed E-state index contributed by atoms with van der Waals surface area (Å²) in [5.74, 6) is 0.885. The molecule has 148 valence electrons. The molecule has 1 unspecified atom stereocenters. The minimum atomic E-state index is 0.392. The molecule has 2 saturated heterocycles. The van der Waals surface area contributed by atoms with Gasteiger partial charge in [0, 0.05) is 43.7 Å². The summed E-state index contributed by atoms with van der Waals surface area (Å²) in [5.41, 5.74) is 1.74. The molecule has 1 aromatic heterocycles. The van der Waals surface area contributed by atoms with Crippen LogP contribution in [-0.4, -0.2) is 58.7 Å². The second-order valence-corrected chi connectivity index (χ2v) is 9.45. The van der Waals surface area contributed by atoms with E-state index < -0.39 is 0 Å². The number of pyridine rings is 1. The van der Waals surface area contributed by atoms with Gasteiger partial charge in [0.1, 0.15) is 0 Å². The Bertz CT molecular complexity index is 603. The van der Waals surface area contributed by atoms with Crippen molar-refractivity contribution in [3.8, 4) is 0 Å². The van der Waals surface area contributed by atoms with E-state index in [2.05, 4.69) is 26.9 Å². The van der Waals surface area contributed by atoms with E-state index >= 15 is 0 Å². The second kappa shape index (κ2) is 7.81. The van der Waals surface area contributed by atoms with Gasteiger partial charge in [-0.15, -0.1) is 0 Å². The molecule has 0 radical (unpaired) electrons. The third kappa shape index (κ3) is 3.81. The van der Waals surface area contributed by atoms with Gasteiger partial charge in [-0.05, 0) is 69.2 Å². The first kappa shape index (κ1) is 18.1. The average Bonchev–Trinajstić information content (AvgIpc) is 3.54. The van der Waals surface area contributed by atoms with E-state index in [4.69, 9.17) is 4.74 Å². The van der Waals surface area contributed by atoms with Gasteiger partial charge < -0.3 is 4.74 Å². The third-order valence-corrected chi connectivity index (χ3v) is 7.61. The van der Waals surface area contributed by atoms with Crippen molar-refractivity contribution < 1.29 is 4.74 Å². The van der Waals surface area contributed by atoms with E-state index in [1.54, 1.807) is 0 Å². The summed E-state index contributed by atoms with van der Waals surface area (Å²) in [6, 6.07) is 5.03. The molecule has 1 aromatic rings. The highest BCUT2D eigenvalue weighted by atomic mass is 16.5. The Balaban J connectivity index is 1.17. The van der Waals surface area contributed by atoms with Crippen molar-refractivity contribution in [2.75, 3.05) is 26.2 Å². The fraction of sp³-hybridized carbons (Fsp3) is 0.783. The summed E-state index contributed by atoms with van der Waals surface area (Å²) < 4.78 is 6.46. The summed E-state index contributed by atoms with van der Waals surface area (Å²) >= 11 is 0. The average molecular weight is 370 g/mol. The third-order valence-electron chi connectivity index (χ3n) is 7.61. The molecular weight excluding hydrogens is 334 g/mol. The second-order valence-electron chi connectivity index (χ2n) is 9.45. The number of likely N-dealkylation sites (tertiary alicyclic amines) is 2. The monoisotopic (exact) mass is 369 g/mol. The van der Waals surface area contributed by atoms with Gasteiger partial charge in [0.15, 0.2) is 0 Å². The smallest absolute Gasteiger partial charge is 0.0885 e. The van der Waals surface area contributed by atoms with Gasteiger partial charge in [-0.3, -0.25) is 14.8 Å². The molecule has 4 heteroatoms. The first-order valence-corrected chi connectivity index (χ1v) is 11.3. The van der Waals surface area contributed by atoms with Crippen LogP contribution in [0, 0.1) is 5.92 Å². The topological polar surface area (TPSA) is 28.6 Å². The molecule has 2 aliphatic carbocycles. The van der Waals surface area contributed by atoms with E-state index in [0.29, 0.717) is 11.6 Å². The fourth-order valence-corrected chi connectivity index (χ4v) is 5.77. The predicted molar refractivity (Wildman–Crippen MR) is 108 cm³/mol. The lowest BCUT2D eigenvalue weighted by Gasteiger charge is -2.63. The zero-order valence-electron chi connectivity index (χ0n) is 16.7. The van der Waals surface area contributed by atoms with Gasteiger partial charge in [-0.1, -0.05) is 25.3 Å². The number of aromatic nitrogens is 1. The predicted octanol–water partition coefficient (Wildman–Crippen LogP) is 3.86. The Morgan fingerprint density at radius 2 is 1.89 bits per heavy atom. The lowest BCUT2D eigenvalue weighted by Crippen LogP contribution is -2.75. The van der Waals surface area contributed by atoms with Crippen molar-refractivity contribution in [2.45, 2.75) is 82.0 Å². The minimum Gasteiger partial charge on any atom is -0.375 e. The first-order valence-electron chi connectivity index (χ1n) is 11.3. The minimum absolute atomic E-state index is 0.392. The molecule has 2 aliphatic heterocycles. The molecule has 4 fully saturated rings. The van der Waals surface area contributed by atoms with Crippen LogP contribution >= 0.6 is 0 Å². The Hall–Kier alpha value is -0.970. The number of hydrogen-bond donors (Lipinski definition) is 0. The van der Waals surface area contributed by atoms with Gasteiger partial charge in [0.05, 0.1) is 6.10 Å². The van der Waals surface area contributed by atoms with Crippen molar-refractivity contribution in [3.63, 3.8) is 0 Å². The quantitative estimate of drug-likeness (QED) is 0.761. The van der Waals surface area contributed by atoms with Crippen LogP contribution in [0.25, 0.3) is 0 Å². The molecule has 0 N–H and O–H groups in total. The van der Waals surface area contributed by atoms with Gasteiger partial charge >= 0.3 is 0 Å². The summed E-state index contributed by atoms with van der Waals surface area (Å²) in [5, 5.41) is 0. The van der Waals surface area contributed by atoms with Crippen LogP contribution in [-0.2, 0) is 11.3 Å². The number of ether oxygens (including phenoxy) is 1. The molecule has 0 amide bonds. The lowest BCUT2D eigenvalue weighted by atomic mass is 9.69. The van der Waals surface area contributed by atoms with E-state index in [1.807, 2.05) is 12.4 Å². The van der Waals surface area contributed by atoms with Crippen LogP contribution in [0.15, 0.2) is 24.5 Å². The molecular formula is C23H35N3O. The molecule has 4 nitrogen and oxygen atoms in total. The molecule has 2 saturated carbocycles. The van der Waals surface area contributed by atoms with Crippen molar-refractivity contribution in [3.05, 3.63) is 30.1 Å². The van der Waals surface area contributed by atoms with Gasteiger partial charge in [0.2, 0.25) is 0 Å². The van der Waals surface area contributed by atoms with Crippen LogP contribution in [0.4, 0.5) is 0 Å². The number of hydrogen-bond acceptors (Lipinski definition) is 4. The molecule has 5 rings (SSSR count). The van der Waals surface area contributed by atoms with E-state index in [-0.39, 0.29) is 0 Å². The summed E-state index contributed by atoms with van der Waals surface area (Å²) in [7, 11) is 0. The Labute approximate surface area is 164 Å². The molecule has 4 aliphatic rings. The molecule has 27 heavy (non-hydrogen) atoms. The molecule has 1 atom stereocenters. The zero-order valence-corrected chi connectivity index (χ0v) is 16.7. The highest BCUT2D eigenvalue weighted by Crippen LogP contribution is 2.48. The lowest BCUT2D eigenvalue weighted by molar-refractivity contribution is -0.203. The maximum absolute atomic E-state index is 6.46. The van der Waals surface area contributed by atoms with Crippen LogP contribution in [0.2, 0.25) is 0 Å². The number of piperidine rings is 1. The van der Waals surface area contributed by atoms with Crippen LogP contribution in [0.3, 0.4) is 0 Å². The van der Waals surface area contributed by atoms with Crippen molar-refractivity contribution >= 4 is 0 Å². The molecule has 1 spiro atoms. The van der Waals surface area contributed by atoms with Gasteiger partial charge in [-0.2, -0.15) is 0 Å². The fourth-order valence-electron chi connectivity index (χ4n) is 5.77. The SMILES string of the molecule is c1cncc(CN2CCC(N3CC(OCC4CC4)C34CCCCC4)CC2)c1. The van der Waals surface area contributed by atoms with E-state index in [0.717, 1.165) is 25.1 Å². The van der Waals surface area contributed by atoms with Gasteiger partial charge in [0.25, 0.3) is 0 Å². The maximum Gasteiger partial charge on any atom is 0.0885 e. The Morgan fingerprint density at radius 3 is 2.59 bits per heavy atom. The highest BCUT2D eigenvalue weighted by Gasteiger charge is 2.56. The zero-order chi connectivity index (χ0) is 18.1. The van der Waals surface area contributed by atoms with Crippen molar-refractivity contribution in [1.29, 1.82) is 0 Å². The van der Waals surface area contributed by atoms with E-state index in [1.165, 1.54) is 83.0 Å². The summed E-state index contributed by atoms with van der Waals surface area (Å²) in [6.07, 6.45) is 16.8. The standard InChI is InChI=1S/C23H35N3O/c1-2-10-23(11-3-1)22(27-18-19-6-7-19)17-26(23)21-8-13-25(14-9-21)16-20-5-4-12-24-15-20/h4-5,12,15,19,21-22H,1-3,6-11,13-14,16-18H2. The molecule has 0 bridgehead atoms.